The molecule has 24 heavy (non-hydrogen) atoms. The van der Waals surface area contributed by atoms with Gasteiger partial charge in [-0.3, -0.25) is 9.38 Å². The number of rotatable bonds is 10. The van der Waals surface area contributed by atoms with Crippen LogP contribution in [0.2, 0.25) is 0 Å². The van der Waals surface area contributed by atoms with Crippen molar-refractivity contribution in [3.05, 3.63) is 0 Å². The quantitative estimate of drug-likeness (QED) is 0.441. The molecule has 2 heterocycles. The lowest BCUT2D eigenvalue weighted by Gasteiger charge is -2.44. The molecule has 2 aliphatic heterocycles. The van der Waals surface area contributed by atoms with Crippen molar-refractivity contribution in [3.8, 4) is 0 Å². The first-order valence-corrected chi connectivity index (χ1v) is 9.67. The molecule has 2 rings (SSSR count). The minimum absolute atomic E-state index is 0.210. The zero-order valence-corrected chi connectivity index (χ0v) is 15.9. The Morgan fingerprint density at radius 2 is 1.92 bits per heavy atom. The number of hydrogen-bond donors (Lipinski definition) is 0. The summed E-state index contributed by atoms with van der Waals surface area (Å²) in [6.45, 7) is 17.6. The Bertz CT molecular complexity index is 337. The Labute approximate surface area is 147 Å². The van der Waals surface area contributed by atoms with E-state index in [0.29, 0.717) is 19.3 Å². The first-order chi connectivity index (χ1) is 11.7. The molecule has 0 saturated carbocycles. The zero-order valence-electron chi connectivity index (χ0n) is 15.9. The first kappa shape index (κ1) is 20.1. The van der Waals surface area contributed by atoms with E-state index in [2.05, 4.69) is 25.7 Å². The van der Waals surface area contributed by atoms with Crippen LogP contribution in [0.25, 0.3) is 0 Å². The molecule has 6 heteroatoms. The van der Waals surface area contributed by atoms with E-state index in [1.807, 2.05) is 0 Å². The largest absolute Gasteiger partial charge is 0.379 e. The predicted octanol–water partition coefficient (Wildman–Crippen LogP) is 1.34. The summed E-state index contributed by atoms with van der Waals surface area (Å²) in [5.41, 5.74) is 0. The average molecular weight is 346 g/mol. The van der Waals surface area contributed by atoms with E-state index in [0.717, 1.165) is 76.6 Å². The molecule has 6 nitrogen and oxygen atoms in total. The Morgan fingerprint density at radius 3 is 2.62 bits per heavy atom. The van der Waals surface area contributed by atoms with Crippen LogP contribution in [0.4, 0.5) is 0 Å². The van der Waals surface area contributed by atoms with Gasteiger partial charge < -0.3 is 18.9 Å². The number of ether oxygens (including phenoxy) is 4. The number of morpholine rings is 2. The summed E-state index contributed by atoms with van der Waals surface area (Å²) in [4.78, 5) is 2.44. The van der Waals surface area contributed by atoms with E-state index >= 15 is 0 Å². The minimum atomic E-state index is 0.210. The van der Waals surface area contributed by atoms with Crippen molar-refractivity contribution in [3.63, 3.8) is 0 Å². The van der Waals surface area contributed by atoms with Gasteiger partial charge in [0.1, 0.15) is 13.1 Å². The lowest BCUT2D eigenvalue weighted by Crippen LogP contribution is -2.60. The fraction of sp³-hybridized carbons (Fsp3) is 1.00. The van der Waals surface area contributed by atoms with E-state index in [4.69, 9.17) is 18.9 Å². The lowest BCUT2D eigenvalue weighted by molar-refractivity contribution is -0.974. The summed E-state index contributed by atoms with van der Waals surface area (Å²) < 4.78 is 24.1. The van der Waals surface area contributed by atoms with Crippen molar-refractivity contribution in [1.82, 2.24) is 4.90 Å². The van der Waals surface area contributed by atoms with E-state index in [1.54, 1.807) is 0 Å². The molecule has 2 aliphatic rings. The number of nitrogens with zero attached hydrogens (tertiary/aromatic N) is 2. The van der Waals surface area contributed by atoms with Crippen molar-refractivity contribution < 1.29 is 23.4 Å². The Kier molecular flexibility index (Phi) is 8.94. The molecule has 2 fully saturated rings. The Morgan fingerprint density at radius 1 is 1.12 bits per heavy atom. The predicted molar refractivity (Wildman–Crippen MR) is 94.1 cm³/mol. The van der Waals surface area contributed by atoms with Crippen molar-refractivity contribution in [2.24, 2.45) is 0 Å². The highest BCUT2D eigenvalue weighted by Gasteiger charge is 2.35. The van der Waals surface area contributed by atoms with E-state index in [-0.39, 0.29) is 6.23 Å². The Hall–Kier alpha value is -0.240. The summed E-state index contributed by atoms with van der Waals surface area (Å²) in [7, 11) is 0. The summed E-state index contributed by atoms with van der Waals surface area (Å²) in [6.07, 6.45) is 1.50. The van der Waals surface area contributed by atoms with Gasteiger partial charge in [-0.1, -0.05) is 6.92 Å². The molecular weight excluding hydrogens is 308 g/mol. The van der Waals surface area contributed by atoms with E-state index in [1.165, 1.54) is 0 Å². The van der Waals surface area contributed by atoms with Gasteiger partial charge in [0.2, 0.25) is 0 Å². The molecule has 0 N–H and O–H groups in total. The number of quaternary nitrogens is 1. The van der Waals surface area contributed by atoms with Gasteiger partial charge in [0, 0.05) is 26.6 Å². The second-order valence-electron chi connectivity index (χ2n) is 6.85. The maximum absolute atomic E-state index is 6.05. The van der Waals surface area contributed by atoms with Gasteiger partial charge in [0.25, 0.3) is 0 Å². The summed E-state index contributed by atoms with van der Waals surface area (Å²) in [5.74, 6) is 0. The Balaban J connectivity index is 1.54. The van der Waals surface area contributed by atoms with Crippen LogP contribution in [0.3, 0.4) is 0 Å². The molecular formula is C18H37N2O4+. The molecule has 2 saturated heterocycles. The van der Waals surface area contributed by atoms with Crippen LogP contribution >= 0.6 is 0 Å². The maximum atomic E-state index is 6.05. The molecule has 0 amide bonds. The fourth-order valence-electron chi connectivity index (χ4n) is 3.64. The molecule has 2 atom stereocenters. The second kappa shape index (κ2) is 10.7. The molecule has 0 aromatic heterocycles. The average Bonchev–Trinajstić information content (AvgIpc) is 2.65. The molecule has 0 aliphatic carbocycles. The van der Waals surface area contributed by atoms with Crippen LogP contribution in [0.1, 0.15) is 27.2 Å². The third kappa shape index (κ3) is 5.93. The highest BCUT2D eigenvalue weighted by Crippen LogP contribution is 2.17. The van der Waals surface area contributed by atoms with Gasteiger partial charge >= 0.3 is 0 Å². The molecule has 0 spiro atoms. The van der Waals surface area contributed by atoms with Gasteiger partial charge in [-0.05, 0) is 19.9 Å². The highest BCUT2D eigenvalue weighted by molar-refractivity contribution is 4.70. The normalized spacial score (nSPS) is 26.4. The molecule has 0 aromatic carbocycles. The molecule has 0 radical (unpaired) electrons. The van der Waals surface area contributed by atoms with Gasteiger partial charge in [-0.2, -0.15) is 0 Å². The van der Waals surface area contributed by atoms with Crippen LogP contribution in [0, 0.1) is 0 Å². The lowest BCUT2D eigenvalue weighted by atomic mass is 10.2. The monoisotopic (exact) mass is 345 g/mol. The van der Waals surface area contributed by atoms with Crippen molar-refractivity contribution in [2.45, 2.75) is 39.5 Å². The van der Waals surface area contributed by atoms with Crippen molar-refractivity contribution in [1.29, 1.82) is 0 Å². The maximum Gasteiger partial charge on any atom is 0.190 e. The topological polar surface area (TPSA) is 40.2 Å². The van der Waals surface area contributed by atoms with Crippen molar-refractivity contribution >= 4 is 0 Å². The highest BCUT2D eigenvalue weighted by atomic mass is 16.5. The molecule has 0 aromatic rings. The molecule has 0 bridgehead atoms. The van der Waals surface area contributed by atoms with Crippen molar-refractivity contribution in [2.75, 3.05) is 78.9 Å². The smallest absolute Gasteiger partial charge is 0.190 e. The summed E-state index contributed by atoms with van der Waals surface area (Å²) in [5, 5.41) is 0. The van der Waals surface area contributed by atoms with Crippen LogP contribution in [0.5, 0.6) is 0 Å². The third-order valence-corrected chi connectivity index (χ3v) is 5.60. The van der Waals surface area contributed by atoms with Gasteiger partial charge in [-0.15, -0.1) is 0 Å². The fourth-order valence-corrected chi connectivity index (χ4v) is 3.64. The van der Waals surface area contributed by atoms with Gasteiger partial charge in [0.05, 0.1) is 45.7 Å². The SMILES string of the molecule is CCN1CCOC(CCOCCOC(C)[N+]2(CC)CCOCC2)C1. The summed E-state index contributed by atoms with van der Waals surface area (Å²) in [6, 6.07) is 0. The van der Waals surface area contributed by atoms with Gasteiger partial charge in [0.15, 0.2) is 6.23 Å². The second-order valence-corrected chi connectivity index (χ2v) is 6.85. The van der Waals surface area contributed by atoms with Crippen LogP contribution in [-0.2, 0) is 18.9 Å². The molecule has 142 valence electrons. The third-order valence-electron chi connectivity index (χ3n) is 5.60. The first-order valence-electron chi connectivity index (χ1n) is 9.67. The van der Waals surface area contributed by atoms with Gasteiger partial charge in [-0.25, -0.2) is 0 Å². The van der Waals surface area contributed by atoms with Crippen LogP contribution in [0.15, 0.2) is 0 Å². The van der Waals surface area contributed by atoms with Crippen LogP contribution in [-0.4, -0.2) is 101 Å². The number of hydrogen-bond acceptors (Lipinski definition) is 5. The number of likely N-dealkylation sites (N-methyl/N-ethyl adjacent to an activating group) is 2. The standard InChI is InChI=1S/C18H37N2O4/c1-4-19-7-11-24-18(16-19)6-10-21-14-15-23-17(3)20(5-2)8-12-22-13-9-20/h17-18H,4-16H2,1-3H3/q+1. The van der Waals surface area contributed by atoms with E-state index in [9.17, 15) is 0 Å². The van der Waals surface area contributed by atoms with Crippen LogP contribution < -0.4 is 0 Å². The zero-order chi connectivity index (χ0) is 17.3. The minimum Gasteiger partial charge on any atom is -0.379 e. The molecule has 2 unspecified atom stereocenters. The van der Waals surface area contributed by atoms with E-state index < -0.39 is 0 Å². The summed E-state index contributed by atoms with van der Waals surface area (Å²) >= 11 is 0.